The fourth-order valence-corrected chi connectivity index (χ4v) is 6.18. The van der Waals surface area contributed by atoms with Crippen molar-refractivity contribution >= 4 is 44.9 Å². The largest absolute Gasteiger partial charge is 0.470 e. The maximum Gasteiger partial charge on any atom is 0.225 e. The van der Waals surface area contributed by atoms with Gasteiger partial charge in [0.15, 0.2) is 11.6 Å². The molecule has 180 valence electrons. The van der Waals surface area contributed by atoms with Gasteiger partial charge in [-0.05, 0) is 48.7 Å². The van der Waals surface area contributed by atoms with Gasteiger partial charge in [-0.15, -0.1) is 0 Å². The van der Waals surface area contributed by atoms with Gasteiger partial charge in [-0.25, -0.2) is 4.98 Å². The molecule has 6 rings (SSSR count). The molecule has 0 radical (unpaired) electrons. The van der Waals surface area contributed by atoms with E-state index >= 15 is 0 Å². The van der Waals surface area contributed by atoms with Crippen molar-refractivity contribution < 1.29 is 19.0 Å². The lowest BCUT2D eigenvalue weighted by Gasteiger charge is -2.45. The Morgan fingerprint density at radius 3 is 2.26 bits per heavy atom. The summed E-state index contributed by atoms with van der Waals surface area (Å²) < 4.78 is 19.2. The van der Waals surface area contributed by atoms with Crippen molar-refractivity contribution in [2.45, 2.75) is 43.5 Å². The number of carbonyl (C=O) groups excluding carboxylic acids is 1. The van der Waals surface area contributed by atoms with Gasteiger partial charge in [0.1, 0.15) is 5.60 Å². The zero-order chi connectivity index (χ0) is 24.2. The summed E-state index contributed by atoms with van der Waals surface area (Å²) >= 11 is 16.2. The molecular weight excluding hydrogens is 553 g/mol. The monoisotopic (exact) mass is 573 g/mol. The highest BCUT2D eigenvalue weighted by atomic mass is 79.9. The van der Waals surface area contributed by atoms with Gasteiger partial charge < -0.3 is 14.2 Å². The standard InChI is InChI=1S/C27H22BrCl2NO4/c28-17-3-6-19(22(30)13-17)24-20(16-1-4-18(29)5-2-16)14-21-23(32)15-26(35-25(21)31-24)7-9-27(10-8-26)33-11-12-34-27/h1-6,13-14H,7-12,15H2. The van der Waals surface area contributed by atoms with Crippen LogP contribution in [0.1, 0.15) is 42.5 Å². The molecule has 0 atom stereocenters. The van der Waals surface area contributed by atoms with E-state index in [2.05, 4.69) is 15.9 Å². The maximum absolute atomic E-state index is 13.4. The molecule has 2 aromatic carbocycles. The highest BCUT2D eigenvalue weighted by molar-refractivity contribution is 9.10. The van der Waals surface area contributed by atoms with E-state index in [1.54, 1.807) is 0 Å². The summed E-state index contributed by atoms with van der Waals surface area (Å²) in [6, 6.07) is 15.0. The maximum atomic E-state index is 13.4. The molecule has 0 unspecified atom stereocenters. The molecule has 1 aromatic heterocycles. The van der Waals surface area contributed by atoms with Crippen LogP contribution in [0.3, 0.4) is 0 Å². The number of fused-ring (bicyclic) bond motifs is 1. The van der Waals surface area contributed by atoms with Crippen LogP contribution in [0.15, 0.2) is 53.0 Å². The Labute approximate surface area is 221 Å². The number of hydrogen-bond acceptors (Lipinski definition) is 5. The van der Waals surface area contributed by atoms with Gasteiger partial charge in [0, 0.05) is 33.5 Å². The van der Waals surface area contributed by atoms with Gasteiger partial charge in [0.2, 0.25) is 5.88 Å². The van der Waals surface area contributed by atoms with Crippen LogP contribution in [0.25, 0.3) is 22.4 Å². The molecule has 1 aliphatic carbocycles. The third kappa shape index (κ3) is 4.30. The summed E-state index contributed by atoms with van der Waals surface area (Å²) in [6.45, 7) is 1.23. The Morgan fingerprint density at radius 2 is 1.57 bits per heavy atom. The Morgan fingerprint density at radius 1 is 0.857 bits per heavy atom. The fourth-order valence-electron chi connectivity index (χ4n) is 5.29. The smallest absolute Gasteiger partial charge is 0.225 e. The third-order valence-corrected chi connectivity index (χ3v) is 8.22. The SMILES string of the molecule is O=C1CC2(CCC3(CC2)OCCO3)Oc2nc(-c3ccc(Br)cc3Cl)c(-c3ccc(Cl)cc3)cc21. The number of ketones is 1. The molecule has 2 fully saturated rings. The van der Waals surface area contributed by atoms with E-state index < -0.39 is 11.4 Å². The number of carbonyl (C=O) groups is 1. The van der Waals surface area contributed by atoms with Crippen LogP contribution in [-0.2, 0) is 9.47 Å². The average Bonchev–Trinajstić information content (AvgIpc) is 3.30. The second-order valence-electron chi connectivity index (χ2n) is 9.36. The molecule has 0 N–H and O–H groups in total. The fraction of sp³-hybridized carbons (Fsp3) is 0.333. The van der Waals surface area contributed by atoms with Gasteiger partial charge in [0.25, 0.3) is 0 Å². The van der Waals surface area contributed by atoms with E-state index in [1.165, 1.54) is 0 Å². The Bertz CT molecular complexity index is 1310. The van der Waals surface area contributed by atoms with E-state index in [9.17, 15) is 4.79 Å². The first kappa shape index (κ1) is 23.4. The zero-order valence-electron chi connectivity index (χ0n) is 18.8. The first-order valence-electron chi connectivity index (χ1n) is 11.6. The molecule has 35 heavy (non-hydrogen) atoms. The van der Waals surface area contributed by atoms with Crippen LogP contribution in [0, 0.1) is 0 Å². The van der Waals surface area contributed by atoms with Crippen LogP contribution < -0.4 is 4.74 Å². The quantitative estimate of drug-likeness (QED) is 0.317. The number of nitrogens with zero attached hydrogens (tertiary/aromatic N) is 1. The van der Waals surface area contributed by atoms with Gasteiger partial charge in [-0.1, -0.05) is 57.3 Å². The zero-order valence-corrected chi connectivity index (χ0v) is 21.9. The summed E-state index contributed by atoms with van der Waals surface area (Å²) in [6.07, 6.45) is 3.06. The summed E-state index contributed by atoms with van der Waals surface area (Å²) in [5.41, 5.74) is 3.00. The number of halogens is 3. The molecule has 3 aromatic rings. The summed E-state index contributed by atoms with van der Waals surface area (Å²) in [7, 11) is 0. The average molecular weight is 575 g/mol. The summed E-state index contributed by atoms with van der Waals surface area (Å²) in [4.78, 5) is 18.4. The van der Waals surface area contributed by atoms with Crippen LogP contribution in [0.2, 0.25) is 10.0 Å². The highest BCUT2D eigenvalue weighted by Crippen LogP contribution is 2.48. The second kappa shape index (κ2) is 8.86. The Balaban J connectivity index is 1.44. The molecule has 2 spiro atoms. The predicted molar refractivity (Wildman–Crippen MR) is 138 cm³/mol. The van der Waals surface area contributed by atoms with E-state index in [4.69, 9.17) is 42.4 Å². The van der Waals surface area contributed by atoms with Gasteiger partial charge in [0.05, 0.1) is 35.9 Å². The number of aromatic nitrogens is 1. The lowest BCUT2D eigenvalue weighted by molar-refractivity contribution is -0.199. The van der Waals surface area contributed by atoms with E-state index in [1.807, 2.05) is 48.5 Å². The van der Waals surface area contributed by atoms with Crippen LogP contribution >= 0.6 is 39.1 Å². The van der Waals surface area contributed by atoms with Crippen LogP contribution in [-0.4, -0.2) is 35.4 Å². The number of hydrogen-bond donors (Lipinski definition) is 0. The molecule has 8 heteroatoms. The van der Waals surface area contributed by atoms with E-state index in [0.717, 1.165) is 21.2 Å². The van der Waals surface area contributed by atoms with Crippen LogP contribution in [0.4, 0.5) is 0 Å². The predicted octanol–water partition coefficient (Wildman–Crippen LogP) is 7.51. The molecule has 5 nitrogen and oxygen atoms in total. The lowest BCUT2D eigenvalue weighted by Crippen LogP contribution is -2.50. The number of Topliss-reactive ketones (excluding diaryl/α,β-unsaturated/α-hetero) is 1. The Hall–Kier alpha value is -1.96. The van der Waals surface area contributed by atoms with Crippen molar-refractivity contribution in [1.29, 1.82) is 0 Å². The van der Waals surface area contributed by atoms with Crippen molar-refractivity contribution in [1.82, 2.24) is 4.98 Å². The van der Waals surface area contributed by atoms with Crippen molar-refractivity contribution in [3.05, 3.63) is 68.6 Å². The minimum Gasteiger partial charge on any atom is -0.470 e. The summed E-state index contributed by atoms with van der Waals surface area (Å²) in [5, 5.41) is 1.18. The van der Waals surface area contributed by atoms with Crippen molar-refractivity contribution in [3.8, 4) is 28.3 Å². The highest BCUT2D eigenvalue weighted by Gasteiger charge is 2.50. The van der Waals surface area contributed by atoms with Crippen LogP contribution in [0.5, 0.6) is 5.88 Å². The van der Waals surface area contributed by atoms with Crippen molar-refractivity contribution in [3.63, 3.8) is 0 Å². The van der Waals surface area contributed by atoms with Crippen molar-refractivity contribution in [2.75, 3.05) is 13.2 Å². The summed E-state index contributed by atoms with van der Waals surface area (Å²) in [5.74, 6) is -0.135. The minimum absolute atomic E-state index is 0.0339. The first-order valence-corrected chi connectivity index (χ1v) is 13.2. The van der Waals surface area contributed by atoms with Gasteiger partial charge in [-0.2, -0.15) is 0 Å². The molecule has 2 aliphatic heterocycles. The molecule has 1 saturated carbocycles. The topological polar surface area (TPSA) is 57.7 Å². The van der Waals surface area contributed by atoms with Crippen molar-refractivity contribution in [2.24, 2.45) is 0 Å². The lowest BCUT2D eigenvalue weighted by atomic mass is 9.76. The molecule has 1 saturated heterocycles. The number of rotatable bonds is 2. The second-order valence-corrected chi connectivity index (χ2v) is 11.1. The van der Waals surface area contributed by atoms with E-state index in [0.29, 0.717) is 72.5 Å². The minimum atomic E-state index is -0.597. The Kier molecular flexibility index (Phi) is 5.93. The molecule has 0 amide bonds. The number of pyridine rings is 1. The molecule has 3 heterocycles. The first-order chi connectivity index (χ1) is 16.9. The van der Waals surface area contributed by atoms with E-state index in [-0.39, 0.29) is 5.78 Å². The van der Waals surface area contributed by atoms with Gasteiger partial charge >= 0.3 is 0 Å². The molecular formula is C27H22BrCl2NO4. The molecule has 0 bridgehead atoms. The van der Waals surface area contributed by atoms with Gasteiger partial charge in [-0.3, -0.25) is 4.79 Å². The third-order valence-electron chi connectivity index (χ3n) is 7.16. The normalized spacial score (nSPS) is 20.1. The number of benzene rings is 2. The molecule has 3 aliphatic rings. The number of ether oxygens (including phenoxy) is 3.